The summed E-state index contributed by atoms with van der Waals surface area (Å²) < 4.78 is 10.4. The molecule has 1 aliphatic rings. The molecule has 1 unspecified atom stereocenters. The Kier molecular flexibility index (Phi) is 4.76. The normalized spacial score (nSPS) is 17.1. The summed E-state index contributed by atoms with van der Waals surface area (Å²) in [6.07, 6.45) is -0.460. The second kappa shape index (κ2) is 6.54. The van der Waals surface area contributed by atoms with E-state index in [1.807, 2.05) is 24.3 Å². The van der Waals surface area contributed by atoms with Crippen LogP contribution in [0.1, 0.15) is 6.92 Å². The van der Waals surface area contributed by atoms with E-state index in [0.29, 0.717) is 0 Å². The van der Waals surface area contributed by atoms with Crippen LogP contribution in [0.2, 0.25) is 0 Å². The van der Waals surface area contributed by atoms with Crippen molar-refractivity contribution in [2.45, 2.75) is 13.0 Å². The van der Waals surface area contributed by atoms with E-state index in [1.165, 1.54) is 7.11 Å². The highest BCUT2D eigenvalue weighted by Gasteiger charge is 2.17. The van der Waals surface area contributed by atoms with Gasteiger partial charge in [0.15, 0.2) is 0 Å². The fourth-order valence-electron chi connectivity index (χ4n) is 2.00. The zero-order valence-electron chi connectivity index (χ0n) is 11.4. The first kappa shape index (κ1) is 13.8. The Morgan fingerprint density at radius 3 is 2.74 bits per heavy atom. The van der Waals surface area contributed by atoms with Crippen molar-refractivity contribution in [3.63, 3.8) is 0 Å². The summed E-state index contributed by atoms with van der Waals surface area (Å²) in [7, 11) is 1.53. The van der Waals surface area contributed by atoms with Gasteiger partial charge in [-0.2, -0.15) is 0 Å². The molecule has 1 N–H and O–H groups in total. The zero-order chi connectivity index (χ0) is 13.7. The fraction of sp³-hybridized carbons (Fsp3) is 0.500. The maximum Gasteiger partial charge on any atom is 0.253 e. The third-order valence-electron chi connectivity index (χ3n) is 3.24. The number of carbonyl (C=O) groups excluding carboxylic acids is 1. The minimum absolute atomic E-state index is 0.136. The molecule has 1 aromatic rings. The van der Waals surface area contributed by atoms with Gasteiger partial charge in [-0.05, 0) is 19.1 Å². The number of rotatable bonds is 4. The van der Waals surface area contributed by atoms with Gasteiger partial charge in [-0.15, -0.1) is 0 Å². The van der Waals surface area contributed by atoms with Crippen LogP contribution < -0.4 is 10.2 Å². The molecule has 1 fully saturated rings. The van der Waals surface area contributed by atoms with E-state index < -0.39 is 6.10 Å². The highest BCUT2D eigenvalue weighted by Crippen LogP contribution is 2.26. The van der Waals surface area contributed by atoms with Gasteiger partial charge >= 0.3 is 0 Å². The third-order valence-corrected chi connectivity index (χ3v) is 3.24. The van der Waals surface area contributed by atoms with E-state index in [-0.39, 0.29) is 5.91 Å². The number of anilines is 2. The lowest BCUT2D eigenvalue weighted by Crippen LogP contribution is -2.37. The number of benzene rings is 1. The third kappa shape index (κ3) is 3.45. The van der Waals surface area contributed by atoms with E-state index in [2.05, 4.69) is 10.2 Å². The molecule has 5 heteroatoms. The second-order valence-electron chi connectivity index (χ2n) is 4.48. The molecule has 0 bridgehead atoms. The van der Waals surface area contributed by atoms with Gasteiger partial charge < -0.3 is 19.7 Å². The average Bonchev–Trinajstić information content (AvgIpc) is 2.47. The molecule has 1 heterocycles. The summed E-state index contributed by atoms with van der Waals surface area (Å²) in [6.45, 7) is 4.85. The highest BCUT2D eigenvalue weighted by atomic mass is 16.5. The first-order valence-corrected chi connectivity index (χ1v) is 6.47. The van der Waals surface area contributed by atoms with Crippen molar-refractivity contribution in [2.75, 3.05) is 43.6 Å². The number of nitrogens with one attached hydrogen (secondary N) is 1. The summed E-state index contributed by atoms with van der Waals surface area (Å²) in [5.74, 6) is -0.136. The van der Waals surface area contributed by atoms with E-state index in [0.717, 1.165) is 37.7 Å². The van der Waals surface area contributed by atoms with Gasteiger partial charge in [-0.1, -0.05) is 12.1 Å². The number of methoxy groups -OCH3 is 1. The minimum Gasteiger partial charge on any atom is -0.378 e. The molecule has 19 heavy (non-hydrogen) atoms. The first-order valence-electron chi connectivity index (χ1n) is 6.47. The maximum absolute atomic E-state index is 11.9. The number of hydrogen-bond acceptors (Lipinski definition) is 4. The van der Waals surface area contributed by atoms with Crippen molar-refractivity contribution in [1.29, 1.82) is 0 Å². The van der Waals surface area contributed by atoms with Gasteiger partial charge in [0, 0.05) is 20.2 Å². The number of ether oxygens (including phenoxy) is 2. The number of hydrogen-bond donors (Lipinski definition) is 1. The Bertz CT molecular complexity index is 430. The van der Waals surface area contributed by atoms with Crippen molar-refractivity contribution in [3.05, 3.63) is 24.3 Å². The number of nitrogens with zero attached hydrogens (tertiary/aromatic N) is 1. The molecular formula is C14H20N2O3. The summed E-state index contributed by atoms with van der Waals surface area (Å²) in [6, 6.07) is 7.81. The lowest BCUT2D eigenvalue weighted by molar-refractivity contribution is -0.124. The van der Waals surface area contributed by atoms with Gasteiger partial charge in [0.2, 0.25) is 0 Å². The smallest absolute Gasteiger partial charge is 0.253 e. The van der Waals surface area contributed by atoms with Gasteiger partial charge in [0.1, 0.15) is 6.10 Å². The van der Waals surface area contributed by atoms with Crippen LogP contribution in [0.3, 0.4) is 0 Å². The lowest BCUT2D eigenvalue weighted by Gasteiger charge is -2.30. The van der Waals surface area contributed by atoms with E-state index in [9.17, 15) is 4.79 Å². The number of carbonyl (C=O) groups is 1. The number of morpholine rings is 1. The van der Waals surface area contributed by atoms with Gasteiger partial charge in [0.05, 0.1) is 24.6 Å². The van der Waals surface area contributed by atoms with Crippen LogP contribution >= 0.6 is 0 Å². The van der Waals surface area contributed by atoms with Crippen LogP contribution in [0.25, 0.3) is 0 Å². The Labute approximate surface area is 113 Å². The van der Waals surface area contributed by atoms with E-state index >= 15 is 0 Å². The van der Waals surface area contributed by atoms with Crippen LogP contribution in [0.15, 0.2) is 24.3 Å². The summed E-state index contributed by atoms with van der Waals surface area (Å²) >= 11 is 0. The Morgan fingerprint density at radius 1 is 1.37 bits per heavy atom. The zero-order valence-corrected chi connectivity index (χ0v) is 11.4. The predicted octanol–water partition coefficient (Wildman–Crippen LogP) is 1.50. The summed E-state index contributed by atoms with van der Waals surface area (Å²) in [4.78, 5) is 14.1. The van der Waals surface area contributed by atoms with Crippen LogP contribution in [0.5, 0.6) is 0 Å². The van der Waals surface area contributed by atoms with Crippen molar-refractivity contribution in [1.82, 2.24) is 0 Å². The quantitative estimate of drug-likeness (QED) is 0.895. The molecule has 0 aromatic heterocycles. The van der Waals surface area contributed by atoms with Crippen LogP contribution in [-0.2, 0) is 14.3 Å². The molecule has 0 aliphatic carbocycles. The number of amides is 1. The first-order chi connectivity index (χ1) is 9.22. The second-order valence-corrected chi connectivity index (χ2v) is 4.48. The molecule has 104 valence electrons. The fourth-order valence-corrected chi connectivity index (χ4v) is 2.00. The minimum atomic E-state index is -0.460. The van der Waals surface area contributed by atoms with Crippen molar-refractivity contribution < 1.29 is 14.3 Å². The van der Waals surface area contributed by atoms with Gasteiger partial charge in [-0.3, -0.25) is 4.79 Å². The summed E-state index contributed by atoms with van der Waals surface area (Å²) in [5.41, 5.74) is 1.85. The SMILES string of the molecule is COC(C)C(=O)Nc1ccccc1N1CCOCC1. The Morgan fingerprint density at radius 2 is 2.05 bits per heavy atom. The topological polar surface area (TPSA) is 50.8 Å². The Balaban J connectivity index is 2.13. The Hall–Kier alpha value is -1.59. The molecule has 0 spiro atoms. The van der Waals surface area contributed by atoms with E-state index in [4.69, 9.17) is 9.47 Å². The molecule has 2 rings (SSSR count). The lowest BCUT2D eigenvalue weighted by atomic mass is 10.2. The maximum atomic E-state index is 11.9. The van der Waals surface area contributed by atoms with Gasteiger partial charge in [-0.25, -0.2) is 0 Å². The largest absolute Gasteiger partial charge is 0.378 e. The van der Waals surface area contributed by atoms with Crippen molar-refractivity contribution in [3.8, 4) is 0 Å². The molecule has 1 aliphatic heterocycles. The van der Waals surface area contributed by atoms with E-state index in [1.54, 1.807) is 6.92 Å². The highest BCUT2D eigenvalue weighted by molar-refractivity contribution is 5.96. The molecule has 0 saturated carbocycles. The van der Waals surface area contributed by atoms with Gasteiger partial charge in [0.25, 0.3) is 5.91 Å². The molecule has 0 radical (unpaired) electrons. The molecule has 1 aromatic carbocycles. The van der Waals surface area contributed by atoms with Crippen LogP contribution in [-0.4, -0.2) is 45.4 Å². The predicted molar refractivity (Wildman–Crippen MR) is 74.6 cm³/mol. The molecular weight excluding hydrogens is 244 g/mol. The average molecular weight is 264 g/mol. The van der Waals surface area contributed by atoms with Crippen molar-refractivity contribution in [2.24, 2.45) is 0 Å². The van der Waals surface area contributed by atoms with Crippen LogP contribution in [0.4, 0.5) is 11.4 Å². The molecule has 5 nitrogen and oxygen atoms in total. The summed E-state index contributed by atoms with van der Waals surface area (Å²) in [5, 5.41) is 2.91. The van der Waals surface area contributed by atoms with Crippen LogP contribution in [0, 0.1) is 0 Å². The van der Waals surface area contributed by atoms with Crippen molar-refractivity contribution >= 4 is 17.3 Å². The molecule has 1 saturated heterocycles. The monoisotopic (exact) mass is 264 g/mol. The molecule has 1 amide bonds. The number of para-hydroxylation sites is 2. The molecule has 1 atom stereocenters. The standard InChI is InChI=1S/C14H20N2O3/c1-11(18-2)14(17)15-12-5-3-4-6-13(12)16-7-9-19-10-8-16/h3-6,11H,7-10H2,1-2H3,(H,15,17).